The predicted octanol–water partition coefficient (Wildman–Crippen LogP) is 7.78. The number of rotatable bonds is 18. The van der Waals surface area contributed by atoms with Gasteiger partial charge < -0.3 is 4.74 Å². The van der Waals surface area contributed by atoms with E-state index in [4.69, 9.17) is 4.74 Å². The SMILES string of the molecule is CCCCC(CCC)CCCCC(CCC)CCCCOCC. The van der Waals surface area contributed by atoms with E-state index in [-0.39, 0.29) is 0 Å². The van der Waals surface area contributed by atoms with Crippen molar-refractivity contribution in [3.63, 3.8) is 0 Å². The van der Waals surface area contributed by atoms with Gasteiger partial charge in [0.2, 0.25) is 0 Å². The minimum Gasteiger partial charge on any atom is -0.382 e. The zero-order chi connectivity index (χ0) is 17.2. The van der Waals surface area contributed by atoms with E-state index >= 15 is 0 Å². The van der Waals surface area contributed by atoms with Gasteiger partial charge in [-0.15, -0.1) is 0 Å². The van der Waals surface area contributed by atoms with E-state index in [0.717, 1.165) is 25.0 Å². The lowest BCUT2D eigenvalue weighted by Crippen LogP contribution is -2.04. The number of hydrogen-bond acceptors (Lipinski definition) is 1. The number of unbranched alkanes of at least 4 members (excludes halogenated alkanes) is 3. The molecule has 0 aromatic heterocycles. The fourth-order valence-electron chi connectivity index (χ4n) is 3.82. The molecule has 1 nitrogen and oxygen atoms in total. The van der Waals surface area contributed by atoms with Crippen molar-refractivity contribution in [2.75, 3.05) is 13.2 Å². The molecule has 0 aliphatic heterocycles. The van der Waals surface area contributed by atoms with Crippen LogP contribution < -0.4 is 0 Å². The van der Waals surface area contributed by atoms with Gasteiger partial charge in [-0.25, -0.2) is 0 Å². The Morgan fingerprint density at radius 2 is 1.00 bits per heavy atom. The van der Waals surface area contributed by atoms with Crippen molar-refractivity contribution in [3.05, 3.63) is 0 Å². The van der Waals surface area contributed by atoms with Crippen molar-refractivity contribution < 1.29 is 4.74 Å². The molecule has 0 amide bonds. The Labute approximate surface area is 148 Å². The molecular formula is C22H46O. The summed E-state index contributed by atoms with van der Waals surface area (Å²) in [5.41, 5.74) is 0. The van der Waals surface area contributed by atoms with Gasteiger partial charge in [0.15, 0.2) is 0 Å². The highest BCUT2D eigenvalue weighted by Crippen LogP contribution is 2.25. The first kappa shape index (κ1) is 23.0. The van der Waals surface area contributed by atoms with Crippen LogP contribution in [-0.2, 0) is 4.74 Å². The predicted molar refractivity (Wildman–Crippen MR) is 105 cm³/mol. The molecule has 0 aromatic carbocycles. The van der Waals surface area contributed by atoms with Crippen LogP contribution >= 0.6 is 0 Å². The Balaban J connectivity index is 3.78. The molecule has 0 saturated carbocycles. The molecule has 0 N–H and O–H groups in total. The average Bonchev–Trinajstić information content (AvgIpc) is 2.55. The second kappa shape index (κ2) is 18.3. The maximum Gasteiger partial charge on any atom is 0.0465 e. The van der Waals surface area contributed by atoms with E-state index in [9.17, 15) is 0 Å². The lowest BCUT2D eigenvalue weighted by molar-refractivity contribution is 0.141. The molecule has 140 valence electrons. The van der Waals surface area contributed by atoms with Gasteiger partial charge >= 0.3 is 0 Å². The maximum absolute atomic E-state index is 5.46. The first-order valence-electron chi connectivity index (χ1n) is 10.9. The minimum atomic E-state index is 0.870. The van der Waals surface area contributed by atoms with Gasteiger partial charge in [0.1, 0.15) is 0 Å². The van der Waals surface area contributed by atoms with E-state index in [2.05, 4.69) is 27.7 Å². The molecule has 0 spiro atoms. The van der Waals surface area contributed by atoms with Crippen LogP contribution in [0.3, 0.4) is 0 Å². The molecule has 0 aromatic rings. The molecule has 0 aliphatic rings. The van der Waals surface area contributed by atoms with Crippen LogP contribution in [0.1, 0.15) is 118 Å². The van der Waals surface area contributed by atoms with Gasteiger partial charge in [0.25, 0.3) is 0 Å². The summed E-state index contributed by atoms with van der Waals surface area (Å²) in [6.07, 6.45) is 19.8. The van der Waals surface area contributed by atoms with Crippen molar-refractivity contribution >= 4 is 0 Å². The summed E-state index contributed by atoms with van der Waals surface area (Å²) in [5.74, 6) is 1.98. The zero-order valence-electron chi connectivity index (χ0n) is 16.9. The third-order valence-electron chi connectivity index (χ3n) is 5.19. The first-order chi connectivity index (χ1) is 11.3. The third-order valence-corrected chi connectivity index (χ3v) is 5.19. The van der Waals surface area contributed by atoms with E-state index in [0.29, 0.717) is 0 Å². The average molecular weight is 327 g/mol. The molecule has 0 bridgehead atoms. The zero-order valence-corrected chi connectivity index (χ0v) is 16.9. The quantitative estimate of drug-likeness (QED) is 0.234. The highest BCUT2D eigenvalue weighted by atomic mass is 16.5. The lowest BCUT2D eigenvalue weighted by Gasteiger charge is -2.18. The Morgan fingerprint density at radius 3 is 1.43 bits per heavy atom. The summed E-state index contributed by atoms with van der Waals surface area (Å²) in [7, 11) is 0. The van der Waals surface area contributed by atoms with Crippen molar-refractivity contribution in [1.29, 1.82) is 0 Å². The Bertz CT molecular complexity index is 214. The Morgan fingerprint density at radius 1 is 0.522 bits per heavy atom. The van der Waals surface area contributed by atoms with Crippen LogP contribution in [0.4, 0.5) is 0 Å². The summed E-state index contributed by atoms with van der Waals surface area (Å²) in [4.78, 5) is 0. The molecular weight excluding hydrogens is 280 g/mol. The fourth-order valence-corrected chi connectivity index (χ4v) is 3.82. The summed E-state index contributed by atoms with van der Waals surface area (Å²) < 4.78 is 5.46. The van der Waals surface area contributed by atoms with Crippen molar-refractivity contribution in [3.8, 4) is 0 Å². The van der Waals surface area contributed by atoms with Gasteiger partial charge in [-0.1, -0.05) is 104 Å². The van der Waals surface area contributed by atoms with E-state index < -0.39 is 0 Å². The van der Waals surface area contributed by atoms with Crippen LogP contribution in [-0.4, -0.2) is 13.2 Å². The highest BCUT2D eigenvalue weighted by molar-refractivity contribution is 4.63. The molecule has 0 saturated heterocycles. The summed E-state index contributed by atoms with van der Waals surface area (Å²) in [6, 6.07) is 0. The topological polar surface area (TPSA) is 9.23 Å². The maximum atomic E-state index is 5.46. The lowest BCUT2D eigenvalue weighted by atomic mass is 9.88. The fraction of sp³-hybridized carbons (Fsp3) is 1.00. The van der Waals surface area contributed by atoms with Gasteiger partial charge in [-0.05, 0) is 25.2 Å². The van der Waals surface area contributed by atoms with Crippen molar-refractivity contribution in [2.24, 2.45) is 11.8 Å². The molecule has 0 heterocycles. The Kier molecular flexibility index (Phi) is 18.3. The second-order valence-corrected chi connectivity index (χ2v) is 7.43. The summed E-state index contributed by atoms with van der Waals surface area (Å²) in [6.45, 7) is 10.9. The summed E-state index contributed by atoms with van der Waals surface area (Å²) in [5, 5.41) is 0. The first-order valence-corrected chi connectivity index (χ1v) is 10.9. The molecule has 0 fully saturated rings. The number of hydrogen-bond donors (Lipinski definition) is 0. The van der Waals surface area contributed by atoms with Crippen molar-refractivity contribution in [1.82, 2.24) is 0 Å². The smallest absolute Gasteiger partial charge is 0.0465 e. The highest BCUT2D eigenvalue weighted by Gasteiger charge is 2.10. The molecule has 0 radical (unpaired) electrons. The molecule has 2 atom stereocenters. The van der Waals surface area contributed by atoms with Gasteiger partial charge in [0, 0.05) is 13.2 Å². The van der Waals surface area contributed by atoms with Gasteiger partial charge in [-0.2, -0.15) is 0 Å². The molecule has 0 rings (SSSR count). The normalized spacial score (nSPS) is 14.1. The Hall–Kier alpha value is -0.0400. The van der Waals surface area contributed by atoms with E-state index in [1.54, 1.807) is 0 Å². The van der Waals surface area contributed by atoms with Gasteiger partial charge in [-0.3, -0.25) is 0 Å². The minimum absolute atomic E-state index is 0.870. The van der Waals surface area contributed by atoms with Crippen LogP contribution in [0.15, 0.2) is 0 Å². The van der Waals surface area contributed by atoms with Gasteiger partial charge in [0.05, 0.1) is 0 Å². The monoisotopic (exact) mass is 326 g/mol. The van der Waals surface area contributed by atoms with Crippen LogP contribution in [0, 0.1) is 11.8 Å². The largest absolute Gasteiger partial charge is 0.382 e. The third kappa shape index (κ3) is 15.2. The summed E-state index contributed by atoms with van der Waals surface area (Å²) >= 11 is 0. The number of ether oxygens (including phenoxy) is 1. The molecule has 1 heteroatoms. The molecule has 0 aliphatic carbocycles. The van der Waals surface area contributed by atoms with Crippen LogP contribution in [0.5, 0.6) is 0 Å². The van der Waals surface area contributed by atoms with E-state index in [1.807, 2.05) is 0 Å². The van der Waals surface area contributed by atoms with E-state index in [1.165, 1.54) is 89.9 Å². The van der Waals surface area contributed by atoms with Crippen molar-refractivity contribution in [2.45, 2.75) is 118 Å². The molecule has 23 heavy (non-hydrogen) atoms. The standard InChI is InChI=1S/C22H46O/c1-5-9-16-21(14-6-2)17-10-11-18-22(15-7-3)19-12-13-20-23-8-4/h21-22H,5-20H2,1-4H3. The van der Waals surface area contributed by atoms with Crippen LogP contribution in [0.2, 0.25) is 0 Å². The van der Waals surface area contributed by atoms with Crippen LogP contribution in [0.25, 0.3) is 0 Å². The second-order valence-electron chi connectivity index (χ2n) is 7.43. The molecule has 2 unspecified atom stereocenters.